The van der Waals surface area contributed by atoms with E-state index >= 15 is 0 Å². The number of aromatic nitrogens is 1. The van der Waals surface area contributed by atoms with Crippen LogP contribution in [-0.4, -0.2) is 38.3 Å². The van der Waals surface area contributed by atoms with Gasteiger partial charge in [-0.2, -0.15) is 5.10 Å². The molecule has 0 amide bonds. The van der Waals surface area contributed by atoms with Crippen molar-refractivity contribution in [1.82, 2.24) is 4.68 Å². The van der Waals surface area contributed by atoms with Crippen LogP contribution in [0, 0.1) is 0 Å². The summed E-state index contributed by atoms with van der Waals surface area (Å²) >= 11 is 3.17. The molecule has 0 bridgehead atoms. The SMILES string of the molecule is C=CCN=c1scc(-c2cc(OC)c(OC)c(OC)c2)n1N=C(C)c1cccs1. The first kappa shape index (κ1) is 20.9. The van der Waals surface area contributed by atoms with E-state index < -0.39 is 0 Å². The van der Waals surface area contributed by atoms with E-state index in [1.165, 1.54) is 11.3 Å². The largest absolute Gasteiger partial charge is 0.493 e. The molecular formula is C21H23N3O3S2. The van der Waals surface area contributed by atoms with Gasteiger partial charge in [0, 0.05) is 10.9 Å². The molecule has 0 radical (unpaired) electrons. The lowest BCUT2D eigenvalue weighted by atomic mass is 10.1. The van der Waals surface area contributed by atoms with E-state index in [4.69, 9.17) is 19.3 Å². The predicted molar refractivity (Wildman–Crippen MR) is 120 cm³/mol. The van der Waals surface area contributed by atoms with Crippen molar-refractivity contribution in [2.24, 2.45) is 10.1 Å². The van der Waals surface area contributed by atoms with Gasteiger partial charge in [0.25, 0.3) is 0 Å². The van der Waals surface area contributed by atoms with Gasteiger partial charge in [-0.3, -0.25) is 4.99 Å². The lowest BCUT2D eigenvalue weighted by Gasteiger charge is -2.14. The van der Waals surface area contributed by atoms with E-state index in [0.29, 0.717) is 23.8 Å². The maximum Gasteiger partial charge on any atom is 0.206 e. The fourth-order valence-corrected chi connectivity index (χ4v) is 4.27. The van der Waals surface area contributed by atoms with Gasteiger partial charge in [0.05, 0.1) is 44.2 Å². The van der Waals surface area contributed by atoms with Gasteiger partial charge in [0.15, 0.2) is 11.5 Å². The second-order valence-corrected chi connectivity index (χ2v) is 7.71. The van der Waals surface area contributed by atoms with Crippen molar-refractivity contribution in [2.75, 3.05) is 27.9 Å². The third kappa shape index (κ3) is 4.44. The van der Waals surface area contributed by atoms with Gasteiger partial charge in [0.1, 0.15) is 0 Å². The average Bonchev–Trinajstić information content (AvgIpc) is 3.41. The molecule has 0 aliphatic rings. The third-order valence-corrected chi connectivity index (χ3v) is 5.96. The lowest BCUT2D eigenvalue weighted by Crippen LogP contribution is -2.14. The number of rotatable bonds is 8. The lowest BCUT2D eigenvalue weighted by molar-refractivity contribution is 0.324. The Bertz CT molecular complexity index is 1050. The number of ether oxygens (including phenoxy) is 3. The fourth-order valence-electron chi connectivity index (χ4n) is 2.76. The van der Waals surface area contributed by atoms with E-state index in [-0.39, 0.29) is 0 Å². The molecule has 1 aromatic carbocycles. The second-order valence-electron chi connectivity index (χ2n) is 5.92. The monoisotopic (exact) mass is 429 g/mol. The molecule has 8 heteroatoms. The summed E-state index contributed by atoms with van der Waals surface area (Å²) in [4.78, 5) is 6.48. The summed E-state index contributed by atoms with van der Waals surface area (Å²) in [5.74, 6) is 1.72. The Labute approximate surface area is 178 Å². The minimum Gasteiger partial charge on any atom is -0.493 e. The molecule has 0 saturated carbocycles. The average molecular weight is 430 g/mol. The smallest absolute Gasteiger partial charge is 0.206 e. The Hall–Kier alpha value is -2.84. The van der Waals surface area contributed by atoms with Crippen LogP contribution in [0.15, 0.2) is 57.8 Å². The quantitative estimate of drug-likeness (QED) is 0.386. The van der Waals surface area contributed by atoms with Crippen LogP contribution in [0.4, 0.5) is 0 Å². The van der Waals surface area contributed by atoms with Crippen molar-refractivity contribution in [1.29, 1.82) is 0 Å². The van der Waals surface area contributed by atoms with Crippen molar-refractivity contribution < 1.29 is 14.2 Å². The van der Waals surface area contributed by atoms with Gasteiger partial charge in [-0.15, -0.1) is 29.3 Å². The topological polar surface area (TPSA) is 57.3 Å². The number of nitrogens with zero attached hydrogens (tertiary/aromatic N) is 3. The van der Waals surface area contributed by atoms with Crippen LogP contribution >= 0.6 is 22.7 Å². The Morgan fingerprint density at radius 1 is 1.14 bits per heavy atom. The molecule has 0 unspecified atom stereocenters. The highest BCUT2D eigenvalue weighted by Crippen LogP contribution is 2.41. The first-order chi connectivity index (χ1) is 14.1. The molecule has 6 nitrogen and oxygen atoms in total. The summed E-state index contributed by atoms with van der Waals surface area (Å²) < 4.78 is 18.3. The highest BCUT2D eigenvalue weighted by Gasteiger charge is 2.17. The summed E-state index contributed by atoms with van der Waals surface area (Å²) in [5.41, 5.74) is 2.68. The third-order valence-electron chi connectivity index (χ3n) is 4.13. The van der Waals surface area contributed by atoms with Crippen LogP contribution in [0.5, 0.6) is 17.2 Å². The molecule has 0 atom stereocenters. The Kier molecular flexibility index (Phi) is 6.90. The normalized spacial score (nSPS) is 12.1. The molecule has 0 spiro atoms. The summed E-state index contributed by atoms with van der Waals surface area (Å²) in [6.45, 7) is 6.27. The Morgan fingerprint density at radius 3 is 2.41 bits per heavy atom. The van der Waals surface area contributed by atoms with Crippen LogP contribution in [0.1, 0.15) is 11.8 Å². The summed E-state index contributed by atoms with van der Waals surface area (Å²) in [6.07, 6.45) is 1.76. The molecule has 0 fully saturated rings. The number of thiazole rings is 1. The summed E-state index contributed by atoms with van der Waals surface area (Å²) in [7, 11) is 4.80. The van der Waals surface area contributed by atoms with Crippen LogP contribution in [0.3, 0.4) is 0 Å². The van der Waals surface area contributed by atoms with Crippen molar-refractivity contribution in [3.63, 3.8) is 0 Å². The van der Waals surface area contributed by atoms with Crippen LogP contribution in [0.25, 0.3) is 11.3 Å². The molecule has 0 aliphatic carbocycles. The predicted octanol–water partition coefficient (Wildman–Crippen LogP) is 4.66. The molecule has 3 aromatic rings. The van der Waals surface area contributed by atoms with Crippen molar-refractivity contribution in [2.45, 2.75) is 6.92 Å². The van der Waals surface area contributed by atoms with Crippen molar-refractivity contribution >= 4 is 28.4 Å². The second kappa shape index (κ2) is 9.58. The molecule has 2 heterocycles. The molecule has 0 aliphatic heterocycles. The zero-order valence-corrected chi connectivity index (χ0v) is 18.5. The maximum atomic E-state index is 5.51. The van der Waals surface area contributed by atoms with Crippen molar-refractivity contribution in [3.05, 3.63) is 57.4 Å². The van der Waals surface area contributed by atoms with Gasteiger partial charge in [-0.05, 0) is 30.5 Å². The highest BCUT2D eigenvalue weighted by atomic mass is 32.1. The molecule has 29 heavy (non-hydrogen) atoms. The van der Waals surface area contributed by atoms with Crippen LogP contribution in [-0.2, 0) is 0 Å². The minimum absolute atomic E-state index is 0.517. The number of hydrogen-bond acceptors (Lipinski definition) is 7. The van der Waals surface area contributed by atoms with Gasteiger partial charge >= 0.3 is 0 Å². The minimum atomic E-state index is 0.517. The van der Waals surface area contributed by atoms with Gasteiger partial charge in [-0.25, -0.2) is 4.68 Å². The zero-order chi connectivity index (χ0) is 20.8. The number of benzene rings is 1. The zero-order valence-electron chi connectivity index (χ0n) is 16.8. The molecular weight excluding hydrogens is 406 g/mol. The Morgan fingerprint density at radius 2 is 1.86 bits per heavy atom. The first-order valence-electron chi connectivity index (χ1n) is 8.84. The standard InChI is InChI=1S/C21H23N3O3S2/c1-6-9-22-21-24(23-14(2)19-8-7-10-28-19)16(13-29-21)15-11-17(25-3)20(27-5)18(12-15)26-4/h6-8,10-13H,1,9H2,2-5H3. The number of methoxy groups -OCH3 is 3. The summed E-state index contributed by atoms with van der Waals surface area (Å²) in [6, 6.07) is 7.89. The molecule has 0 saturated heterocycles. The summed E-state index contributed by atoms with van der Waals surface area (Å²) in [5, 5.41) is 8.92. The van der Waals surface area contributed by atoms with E-state index in [1.54, 1.807) is 38.7 Å². The van der Waals surface area contributed by atoms with Crippen LogP contribution in [0.2, 0.25) is 0 Å². The number of hydrogen-bond donors (Lipinski definition) is 0. The fraction of sp³-hybridized carbons (Fsp3) is 0.238. The molecule has 2 aromatic heterocycles. The first-order valence-corrected chi connectivity index (χ1v) is 10.6. The highest BCUT2D eigenvalue weighted by molar-refractivity contribution is 7.12. The number of thiophene rings is 1. The molecule has 3 rings (SSSR count). The van der Waals surface area contributed by atoms with E-state index in [9.17, 15) is 0 Å². The Balaban J connectivity index is 2.22. The van der Waals surface area contributed by atoms with Gasteiger partial charge < -0.3 is 14.2 Å². The maximum absolute atomic E-state index is 5.51. The molecule has 0 N–H and O–H groups in total. The van der Waals surface area contributed by atoms with E-state index in [1.807, 2.05) is 40.6 Å². The van der Waals surface area contributed by atoms with Crippen molar-refractivity contribution in [3.8, 4) is 28.5 Å². The van der Waals surface area contributed by atoms with E-state index in [2.05, 4.69) is 17.6 Å². The van der Waals surface area contributed by atoms with Gasteiger partial charge in [0.2, 0.25) is 10.6 Å². The van der Waals surface area contributed by atoms with E-state index in [0.717, 1.165) is 26.6 Å². The van der Waals surface area contributed by atoms with Crippen LogP contribution < -0.4 is 19.0 Å². The van der Waals surface area contributed by atoms with Gasteiger partial charge in [-0.1, -0.05) is 12.1 Å². The molecule has 152 valence electrons.